The summed E-state index contributed by atoms with van der Waals surface area (Å²) in [6, 6.07) is -0.0849. The zero-order chi connectivity index (χ0) is 8.43. The van der Waals surface area contributed by atoms with E-state index >= 15 is 0 Å². The lowest BCUT2D eigenvalue weighted by Gasteiger charge is -2.08. The van der Waals surface area contributed by atoms with Gasteiger partial charge in [0.25, 0.3) is 0 Å². The quantitative estimate of drug-likeness (QED) is 0.248. The lowest BCUT2D eigenvalue weighted by molar-refractivity contribution is -0.162. The summed E-state index contributed by atoms with van der Waals surface area (Å²) in [6.07, 6.45) is -1.03. The molecule has 2 N–H and O–H groups in total. The zero-order valence-corrected chi connectivity index (χ0v) is 6.33. The van der Waals surface area contributed by atoms with Crippen LogP contribution >= 0.6 is 0 Å². The Morgan fingerprint density at radius 3 is 2.82 bits per heavy atom. The van der Waals surface area contributed by atoms with Gasteiger partial charge in [-0.15, -0.1) is 0 Å². The third-order valence-electron chi connectivity index (χ3n) is 1.36. The molecule has 1 fully saturated rings. The minimum absolute atomic E-state index is 0.0849. The van der Waals surface area contributed by atoms with Gasteiger partial charge in [-0.2, -0.15) is 0 Å². The number of nitrogens with one attached hydrogen (secondary N) is 1. The van der Waals surface area contributed by atoms with Gasteiger partial charge in [-0.1, -0.05) is 6.58 Å². The maximum atomic E-state index is 10.8. The molecule has 62 valence electrons. The van der Waals surface area contributed by atoms with Crippen LogP contribution in [0.25, 0.3) is 0 Å². The van der Waals surface area contributed by atoms with Crippen molar-refractivity contribution in [3.63, 3.8) is 0 Å². The Morgan fingerprint density at radius 1 is 1.91 bits per heavy atom. The number of ether oxygens (including phenoxy) is 1. The highest BCUT2D eigenvalue weighted by Gasteiger charge is 2.31. The fraction of sp³-hybridized carbons (Fsp3) is 0.571. The van der Waals surface area contributed by atoms with Gasteiger partial charge in [0.1, 0.15) is 0 Å². The molecule has 0 amide bonds. The molecule has 4 heteroatoms. The number of hydrogen-bond donors (Lipinski definition) is 2. The molecule has 2 unspecified atom stereocenters. The molecule has 1 rings (SSSR count). The first kappa shape index (κ1) is 8.23. The number of carbonyl (C=O) groups is 1. The minimum Gasteiger partial charge on any atom is -0.431 e. The van der Waals surface area contributed by atoms with Gasteiger partial charge < -0.3 is 15.2 Å². The Labute approximate surface area is 64.9 Å². The van der Waals surface area contributed by atoms with Gasteiger partial charge in [-0.3, -0.25) is 0 Å². The Balaban J connectivity index is 2.28. The molecule has 0 aromatic heterocycles. The van der Waals surface area contributed by atoms with Crippen LogP contribution in [0.4, 0.5) is 0 Å². The summed E-state index contributed by atoms with van der Waals surface area (Å²) in [7, 11) is 0. The molecule has 1 heterocycles. The highest BCUT2D eigenvalue weighted by Crippen LogP contribution is 2.07. The van der Waals surface area contributed by atoms with Crippen molar-refractivity contribution in [2.75, 3.05) is 6.54 Å². The van der Waals surface area contributed by atoms with E-state index in [1.165, 1.54) is 6.92 Å². The number of esters is 1. The van der Waals surface area contributed by atoms with Crippen LogP contribution in [0.1, 0.15) is 6.92 Å². The van der Waals surface area contributed by atoms with E-state index in [0.717, 1.165) is 0 Å². The molecule has 2 atom stereocenters. The molecule has 1 aliphatic heterocycles. The number of aliphatic hydroxyl groups is 1. The van der Waals surface area contributed by atoms with E-state index in [-0.39, 0.29) is 6.04 Å². The fourth-order valence-electron chi connectivity index (χ4n) is 0.562. The van der Waals surface area contributed by atoms with Crippen LogP contribution < -0.4 is 5.32 Å². The molecule has 0 spiro atoms. The van der Waals surface area contributed by atoms with Crippen LogP contribution in [0.3, 0.4) is 0 Å². The summed E-state index contributed by atoms with van der Waals surface area (Å²) in [5, 5.41) is 11.9. The van der Waals surface area contributed by atoms with Crippen LogP contribution in [0, 0.1) is 0 Å². The number of rotatable bonds is 3. The van der Waals surface area contributed by atoms with E-state index < -0.39 is 12.3 Å². The second kappa shape index (κ2) is 3.02. The van der Waals surface area contributed by atoms with Crippen molar-refractivity contribution < 1.29 is 14.6 Å². The van der Waals surface area contributed by atoms with Crippen molar-refractivity contribution in [3.8, 4) is 0 Å². The molecule has 1 saturated heterocycles. The van der Waals surface area contributed by atoms with E-state index in [1.54, 1.807) is 0 Å². The van der Waals surface area contributed by atoms with Gasteiger partial charge in [-0.05, 0) is 6.92 Å². The summed E-state index contributed by atoms with van der Waals surface area (Å²) >= 11 is 0. The smallest absolute Gasteiger partial charge is 0.335 e. The largest absolute Gasteiger partial charge is 0.431 e. The fourth-order valence-corrected chi connectivity index (χ4v) is 0.562. The molecule has 0 aromatic rings. The molecule has 0 aliphatic carbocycles. The summed E-state index contributed by atoms with van der Waals surface area (Å²) in [5.41, 5.74) is 0.296. The zero-order valence-electron chi connectivity index (χ0n) is 6.33. The Bertz CT molecular complexity index is 186. The predicted octanol–water partition coefficient (Wildman–Crippen LogP) is -0.604. The summed E-state index contributed by atoms with van der Waals surface area (Å²) in [4.78, 5) is 10.8. The Hall–Kier alpha value is -0.870. The van der Waals surface area contributed by atoms with E-state index in [0.29, 0.717) is 12.1 Å². The number of aliphatic hydroxyl groups excluding tert-OH is 1. The van der Waals surface area contributed by atoms with Crippen molar-refractivity contribution in [2.45, 2.75) is 19.3 Å². The summed E-state index contributed by atoms with van der Waals surface area (Å²) in [6.45, 7) is 5.62. The lowest BCUT2D eigenvalue weighted by atomic mass is 10.3. The molecule has 0 aromatic carbocycles. The summed E-state index contributed by atoms with van der Waals surface area (Å²) in [5.74, 6) is -0.550. The predicted molar refractivity (Wildman–Crippen MR) is 38.7 cm³/mol. The minimum atomic E-state index is -1.03. The maximum absolute atomic E-state index is 10.8. The summed E-state index contributed by atoms with van der Waals surface area (Å²) < 4.78 is 4.59. The van der Waals surface area contributed by atoms with Crippen molar-refractivity contribution in [1.82, 2.24) is 5.32 Å². The number of hydrogen-bond acceptors (Lipinski definition) is 4. The molecule has 0 saturated carbocycles. The van der Waals surface area contributed by atoms with Crippen LogP contribution in [0.2, 0.25) is 0 Å². The third-order valence-corrected chi connectivity index (χ3v) is 1.36. The normalized spacial score (nSPS) is 24.0. The van der Waals surface area contributed by atoms with Crippen LogP contribution in [-0.2, 0) is 9.53 Å². The van der Waals surface area contributed by atoms with Crippen LogP contribution in [0.15, 0.2) is 12.2 Å². The van der Waals surface area contributed by atoms with Crippen LogP contribution in [0.5, 0.6) is 0 Å². The first-order valence-electron chi connectivity index (χ1n) is 3.39. The second-order valence-corrected chi connectivity index (χ2v) is 2.59. The van der Waals surface area contributed by atoms with Crippen molar-refractivity contribution in [1.29, 1.82) is 0 Å². The van der Waals surface area contributed by atoms with Gasteiger partial charge in [0.05, 0.1) is 6.04 Å². The molecule has 1 aliphatic rings. The average Bonchev–Trinajstić information content (AvgIpc) is 2.67. The second-order valence-electron chi connectivity index (χ2n) is 2.59. The van der Waals surface area contributed by atoms with E-state index in [1.807, 2.05) is 0 Å². The van der Waals surface area contributed by atoms with Crippen LogP contribution in [-0.4, -0.2) is 30.0 Å². The first-order valence-corrected chi connectivity index (χ1v) is 3.39. The van der Waals surface area contributed by atoms with Gasteiger partial charge in [0, 0.05) is 12.1 Å². The SMILES string of the molecule is C=C(C)C(=O)OC(O)C1CN1. The molecule has 0 radical (unpaired) electrons. The molecule has 0 bridgehead atoms. The first-order chi connectivity index (χ1) is 5.11. The Morgan fingerprint density at radius 2 is 2.45 bits per heavy atom. The maximum Gasteiger partial charge on any atom is 0.335 e. The van der Waals surface area contributed by atoms with E-state index in [2.05, 4.69) is 16.6 Å². The third kappa shape index (κ3) is 2.32. The average molecular weight is 157 g/mol. The molecular weight excluding hydrogens is 146 g/mol. The lowest BCUT2D eigenvalue weighted by Crippen LogP contribution is -2.24. The monoisotopic (exact) mass is 157 g/mol. The molecule has 4 nitrogen and oxygen atoms in total. The van der Waals surface area contributed by atoms with Gasteiger partial charge in [0.15, 0.2) is 0 Å². The van der Waals surface area contributed by atoms with Crippen molar-refractivity contribution in [2.24, 2.45) is 0 Å². The number of carbonyl (C=O) groups excluding carboxylic acids is 1. The van der Waals surface area contributed by atoms with Crippen molar-refractivity contribution >= 4 is 5.97 Å². The standard InChI is InChI=1S/C7H11NO3/c1-4(2)6(9)11-7(10)5-3-8-5/h5,7-8,10H,1,3H2,2H3. The molecular formula is C7H11NO3. The Kier molecular flexibility index (Phi) is 2.26. The highest BCUT2D eigenvalue weighted by molar-refractivity contribution is 5.87. The van der Waals surface area contributed by atoms with Crippen molar-refractivity contribution in [3.05, 3.63) is 12.2 Å². The van der Waals surface area contributed by atoms with Gasteiger partial charge in [0.2, 0.25) is 6.29 Å². The molecule has 11 heavy (non-hydrogen) atoms. The van der Waals surface area contributed by atoms with Gasteiger partial charge in [-0.25, -0.2) is 4.79 Å². The topological polar surface area (TPSA) is 68.5 Å². The highest BCUT2D eigenvalue weighted by atomic mass is 16.6. The van der Waals surface area contributed by atoms with Gasteiger partial charge >= 0.3 is 5.97 Å². The van der Waals surface area contributed by atoms with E-state index in [9.17, 15) is 4.79 Å². The van der Waals surface area contributed by atoms with E-state index in [4.69, 9.17) is 5.11 Å².